The van der Waals surface area contributed by atoms with Gasteiger partial charge in [-0.05, 0) is 35.9 Å². The van der Waals surface area contributed by atoms with Crippen LogP contribution in [0.25, 0.3) is 11.0 Å². The highest BCUT2D eigenvalue weighted by Gasteiger charge is 2.21. The molecule has 3 nitrogen and oxygen atoms in total. The lowest BCUT2D eigenvalue weighted by molar-refractivity contribution is 0.475. The Hall–Kier alpha value is -1.40. The molecule has 21 heavy (non-hydrogen) atoms. The second-order valence-corrected chi connectivity index (χ2v) is 5.83. The quantitative estimate of drug-likeness (QED) is 0.526. The average molecular weight is 370 g/mol. The van der Waals surface area contributed by atoms with E-state index in [1.807, 2.05) is 18.2 Å². The number of benzene rings is 2. The molecule has 0 bridgehead atoms. The predicted octanol–water partition coefficient (Wildman–Crippen LogP) is 4.54. The zero-order valence-corrected chi connectivity index (χ0v) is 13.1. The minimum Gasteiger partial charge on any atom is -0.457 e. The third-order valence-corrected chi connectivity index (χ3v) is 4.26. The first-order chi connectivity index (χ1) is 10.1. The normalized spacial score (nSPS) is 12.8. The highest BCUT2D eigenvalue weighted by molar-refractivity contribution is 9.10. The Labute approximate surface area is 134 Å². The summed E-state index contributed by atoms with van der Waals surface area (Å²) in [6.07, 6.45) is 0. The van der Waals surface area contributed by atoms with E-state index in [4.69, 9.17) is 21.9 Å². The third kappa shape index (κ3) is 2.70. The topological polar surface area (TPSA) is 51.2 Å². The summed E-state index contributed by atoms with van der Waals surface area (Å²) in [5.74, 6) is 5.85. The Morgan fingerprint density at radius 1 is 1.24 bits per heavy atom. The molecule has 0 saturated carbocycles. The zero-order chi connectivity index (χ0) is 15.0. The summed E-state index contributed by atoms with van der Waals surface area (Å²) >= 11 is 9.50. The van der Waals surface area contributed by atoms with Crippen molar-refractivity contribution in [3.63, 3.8) is 0 Å². The molecule has 2 aromatic carbocycles. The fraction of sp³-hybridized carbons (Fsp3) is 0.0667. The van der Waals surface area contributed by atoms with E-state index in [9.17, 15) is 4.39 Å². The molecule has 0 aliphatic rings. The van der Waals surface area contributed by atoms with Crippen molar-refractivity contribution < 1.29 is 8.81 Å². The van der Waals surface area contributed by atoms with Crippen LogP contribution in [0, 0.1) is 5.82 Å². The van der Waals surface area contributed by atoms with Gasteiger partial charge in [0.15, 0.2) is 5.58 Å². The van der Waals surface area contributed by atoms with Crippen LogP contribution >= 0.6 is 27.5 Å². The van der Waals surface area contributed by atoms with Crippen LogP contribution in [0.1, 0.15) is 17.4 Å². The summed E-state index contributed by atoms with van der Waals surface area (Å²) in [6, 6.07) is 11.2. The van der Waals surface area contributed by atoms with Gasteiger partial charge >= 0.3 is 0 Å². The Morgan fingerprint density at radius 3 is 2.76 bits per heavy atom. The van der Waals surface area contributed by atoms with Gasteiger partial charge < -0.3 is 4.42 Å². The molecule has 0 aliphatic carbocycles. The van der Waals surface area contributed by atoms with Crippen molar-refractivity contribution in [3.8, 4) is 0 Å². The molecule has 3 aromatic rings. The predicted molar refractivity (Wildman–Crippen MR) is 84.5 cm³/mol. The molecule has 1 aromatic heterocycles. The van der Waals surface area contributed by atoms with Gasteiger partial charge in [0.1, 0.15) is 17.6 Å². The maximum absolute atomic E-state index is 13.5. The summed E-state index contributed by atoms with van der Waals surface area (Å²) in [7, 11) is 0. The summed E-state index contributed by atoms with van der Waals surface area (Å²) in [5, 5.41) is 1.39. The fourth-order valence-corrected chi connectivity index (χ4v) is 2.95. The molecule has 0 fully saturated rings. The first-order valence-corrected chi connectivity index (χ1v) is 7.36. The lowest BCUT2D eigenvalue weighted by atomic mass is 10.0. The SMILES string of the molecule is NNC(c1cc2cccc(Cl)c2o1)c1cc(F)ccc1Br. The number of halogens is 3. The lowest BCUT2D eigenvalue weighted by Crippen LogP contribution is -2.28. The second kappa shape index (κ2) is 5.77. The van der Waals surface area contributed by atoms with Crippen LogP contribution < -0.4 is 11.3 Å². The number of hydrazine groups is 1. The lowest BCUT2D eigenvalue weighted by Gasteiger charge is -2.15. The fourth-order valence-electron chi connectivity index (χ4n) is 2.25. The highest BCUT2D eigenvalue weighted by Crippen LogP contribution is 2.34. The number of hydrogen-bond acceptors (Lipinski definition) is 3. The van der Waals surface area contributed by atoms with Gasteiger partial charge in [-0.15, -0.1) is 0 Å². The van der Waals surface area contributed by atoms with Gasteiger partial charge in [0.2, 0.25) is 0 Å². The number of nitrogens with one attached hydrogen (secondary N) is 1. The molecule has 3 N–H and O–H groups in total. The molecular weight excluding hydrogens is 359 g/mol. The van der Waals surface area contributed by atoms with Gasteiger partial charge in [-0.1, -0.05) is 39.7 Å². The average Bonchev–Trinajstić information content (AvgIpc) is 2.89. The maximum Gasteiger partial charge on any atom is 0.152 e. The van der Waals surface area contributed by atoms with Gasteiger partial charge in [-0.3, -0.25) is 5.84 Å². The van der Waals surface area contributed by atoms with Crippen LogP contribution in [-0.2, 0) is 0 Å². The Balaban J connectivity index is 2.13. The van der Waals surface area contributed by atoms with Gasteiger partial charge in [0, 0.05) is 9.86 Å². The molecule has 0 amide bonds. The van der Waals surface area contributed by atoms with Crippen LogP contribution in [0.3, 0.4) is 0 Å². The van der Waals surface area contributed by atoms with Crippen molar-refractivity contribution >= 4 is 38.5 Å². The number of para-hydroxylation sites is 1. The Bertz CT molecular complexity index is 805. The minimum absolute atomic E-state index is 0.345. The minimum atomic E-state index is -0.487. The molecule has 1 atom stereocenters. The van der Waals surface area contributed by atoms with E-state index in [-0.39, 0.29) is 5.82 Å². The first kappa shape index (κ1) is 14.5. The van der Waals surface area contributed by atoms with Gasteiger partial charge in [-0.2, -0.15) is 0 Å². The van der Waals surface area contributed by atoms with E-state index in [0.29, 0.717) is 21.9 Å². The van der Waals surface area contributed by atoms with E-state index >= 15 is 0 Å². The van der Waals surface area contributed by atoms with Gasteiger partial charge in [0.05, 0.1) is 5.02 Å². The molecule has 0 radical (unpaired) electrons. The second-order valence-electron chi connectivity index (χ2n) is 4.57. The van der Waals surface area contributed by atoms with Crippen molar-refractivity contribution in [2.45, 2.75) is 6.04 Å². The zero-order valence-electron chi connectivity index (χ0n) is 10.7. The van der Waals surface area contributed by atoms with Crippen LogP contribution in [-0.4, -0.2) is 0 Å². The number of rotatable bonds is 3. The Morgan fingerprint density at radius 2 is 2.05 bits per heavy atom. The molecule has 1 heterocycles. The summed E-state index contributed by atoms with van der Waals surface area (Å²) in [5.41, 5.74) is 3.88. The summed E-state index contributed by atoms with van der Waals surface area (Å²) < 4.78 is 20.0. The first-order valence-electron chi connectivity index (χ1n) is 6.19. The number of fused-ring (bicyclic) bond motifs is 1. The number of nitrogens with two attached hydrogens (primary N) is 1. The van der Waals surface area contributed by atoms with Crippen molar-refractivity contribution in [1.82, 2.24) is 5.43 Å². The number of furan rings is 1. The molecule has 1 unspecified atom stereocenters. The van der Waals surface area contributed by atoms with E-state index < -0.39 is 6.04 Å². The van der Waals surface area contributed by atoms with Crippen molar-refractivity contribution in [2.24, 2.45) is 5.84 Å². The standard InChI is InChI=1S/C15H11BrClFN2O/c16-11-5-4-9(18)7-10(11)14(20-19)13-6-8-2-1-3-12(17)15(8)21-13/h1-7,14,20H,19H2. The smallest absolute Gasteiger partial charge is 0.152 e. The molecular formula is C15H11BrClFN2O. The molecule has 108 valence electrons. The van der Waals surface area contributed by atoms with Crippen LogP contribution in [0.4, 0.5) is 4.39 Å². The van der Waals surface area contributed by atoms with E-state index in [0.717, 1.165) is 9.86 Å². The molecule has 0 spiro atoms. The number of hydrogen-bond donors (Lipinski definition) is 2. The van der Waals surface area contributed by atoms with E-state index in [1.165, 1.54) is 12.1 Å². The van der Waals surface area contributed by atoms with Crippen molar-refractivity contribution in [2.75, 3.05) is 0 Å². The molecule has 0 saturated heterocycles. The van der Waals surface area contributed by atoms with E-state index in [1.54, 1.807) is 12.1 Å². The monoisotopic (exact) mass is 368 g/mol. The molecule has 3 rings (SSSR count). The van der Waals surface area contributed by atoms with Crippen LogP contribution in [0.5, 0.6) is 0 Å². The summed E-state index contributed by atoms with van der Waals surface area (Å²) in [4.78, 5) is 0. The summed E-state index contributed by atoms with van der Waals surface area (Å²) in [6.45, 7) is 0. The largest absolute Gasteiger partial charge is 0.457 e. The van der Waals surface area contributed by atoms with Crippen LogP contribution in [0.15, 0.2) is 51.4 Å². The van der Waals surface area contributed by atoms with Crippen molar-refractivity contribution in [3.05, 3.63) is 69.1 Å². The van der Waals surface area contributed by atoms with Crippen molar-refractivity contribution in [1.29, 1.82) is 0 Å². The molecule has 6 heteroatoms. The van der Waals surface area contributed by atoms with Crippen LogP contribution in [0.2, 0.25) is 5.02 Å². The third-order valence-electron chi connectivity index (χ3n) is 3.24. The van der Waals surface area contributed by atoms with E-state index in [2.05, 4.69) is 21.4 Å². The van der Waals surface area contributed by atoms with Gasteiger partial charge in [-0.25, -0.2) is 9.82 Å². The molecule has 0 aliphatic heterocycles. The maximum atomic E-state index is 13.5. The highest BCUT2D eigenvalue weighted by atomic mass is 79.9. The Kier molecular flexibility index (Phi) is 3.99. The van der Waals surface area contributed by atoms with Gasteiger partial charge in [0.25, 0.3) is 0 Å².